The highest BCUT2D eigenvalue weighted by Gasteiger charge is 2.29. The first kappa shape index (κ1) is 18.2. The Kier molecular flexibility index (Phi) is 6.04. The van der Waals surface area contributed by atoms with E-state index in [9.17, 15) is 13.2 Å². The summed E-state index contributed by atoms with van der Waals surface area (Å²) in [6, 6.07) is 0. The van der Waals surface area contributed by atoms with Crippen LogP contribution in [0.25, 0.3) is 0 Å². The Labute approximate surface area is 128 Å². The molecule has 3 nitrogen and oxygen atoms in total. The Morgan fingerprint density at radius 2 is 1.86 bits per heavy atom. The van der Waals surface area contributed by atoms with Crippen LogP contribution in [-0.2, 0) is 12.0 Å². The number of aromatic nitrogens is 1. The van der Waals surface area contributed by atoms with E-state index in [-0.39, 0.29) is 12.0 Å². The first-order valence-electron chi connectivity index (χ1n) is 7.03. The van der Waals surface area contributed by atoms with E-state index in [1.807, 2.05) is 6.92 Å². The molecule has 0 aliphatic rings. The second-order valence-corrected chi connectivity index (χ2v) is 7.15. The number of halogens is 3. The number of thiazole rings is 1. The summed E-state index contributed by atoms with van der Waals surface area (Å²) in [6.07, 6.45) is -4.96. The number of hydrogen-bond donors (Lipinski definition) is 1. The van der Waals surface area contributed by atoms with Crippen molar-refractivity contribution in [2.45, 2.75) is 52.3 Å². The number of hydrogen-bond acceptors (Lipinski definition) is 4. The summed E-state index contributed by atoms with van der Waals surface area (Å²) in [5.74, 6) is 0. The zero-order valence-corrected chi connectivity index (χ0v) is 14.1. The Hall–Kier alpha value is -0.820. The summed E-state index contributed by atoms with van der Waals surface area (Å²) in [4.78, 5) is 7.25. The van der Waals surface area contributed by atoms with Gasteiger partial charge in [0.1, 0.15) is 0 Å². The molecule has 0 bridgehead atoms. The monoisotopic (exact) mass is 323 g/mol. The standard InChI is InChI=1S/C14H24F3N3S/c1-6-18-9-10-11(13(2,3)4)19-12(21-10)20(5)8-7-14(15,16)17/h18H,6-9H2,1-5H3. The van der Waals surface area contributed by atoms with Crippen molar-refractivity contribution in [2.75, 3.05) is 25.0 Å². The molecule has 0 atom stereocenters. The first-order chi connectivity index (χ1) is 9.54. The third-order valence-electron chi connectivity index (χ3n) is 2.99. The van der Waals surface area contributed by atoms with Crippen molar-refractivity contribution < 1.29 is 13.2 Å². The SMILES string of the molecule is CCNCc1sc(N(C)CCC(F)(F)F)nc1C(C)(C)C. The van der Waals surface area contributed by atoms with E-state index >= 15 is 0 Å². The van der Waals surface area contributed by atoms with Crippen molar-refractivity contribution in [3.05, 3.63) is 10.6 Å². The lowest BCUT2D eigenvalue weighted by atomic mass is 9.91. The van der Waals surface area contributed by atoms with Crippen LogP contribution in [0.2, 0.25) is 0 Å². The van der Waals surface area contributed by atoms with Crippen molar-refractivity contribution in [2.24, 2.45) is 0 Å². The van der Waals surface area contributed by atoms with Gasteiger partial charge in [-0.3, -0.25) is 0 Å². The molecule has 122 valence electrons. The lowest BCUT2D eigenvalue weighted by Crippen LogP contribution is -2.24. The topological polar surface area (TPSA) is 28.2 Å². The van der Waals surface area contributed by atoms with Crippen molar-refractivity contribution in [1.82, 2.24) is 10.3 Å². The molecule has 0 fully saturated rings. The summed E-state index contributed by atoms with van der Waals surface area (Å²) < 4.78 is 37.0. The molecule has 0 aliphatic carbocycles. The molecule has 7 heteroatoms. The van der Waals surface area contributed by atoms with Gasteiger partial charge < -0.3 is 10.2 Å². The van der Waals surface area contributed by atoms with Crippen LogP contribution in [-0.4, -0.2) is 31.3 Å². The van der Waals surface area contributed by atoms with Gasteiger partial charge in [0.2, 0.25) is 0 Å². The van der Waals surface area contributed by atoms with Crippen molar-refractivity contribution in [3.63, 3.8) is 0 Å². The van der Waals surface area contributed by atoms with Crippen molar-refractivity contribution in [1.29, 1.82) is 0 Å². The molecule has 1 rings (SSSR count). The Bertz CT molecular complexity index is 449. The van der Waals surface area contributed by atoms with Crippen molar-refractivity contribution >= 4 is 16.5 Å². The van der Waals surface area contributed by atoms with E-state index in [1.165, 1.54) is 11.3 Å². The molecule has 1 N–H and O–H groups in total. The molecule has 0 aliphatic heterocycles. The second kappa shape index (κ2) is 6.96. The number of nitrogens with zero attached hydrogens (tertiary/aromatic N) is 2. The molecule has 1 aromatic rings. The summed E-state index contributed by atoms with van der Waals surface area (Å²) in [5.41, 5.74) is 0.840. The fourth-order valence-electron chi connectivity index (χ4n) is 1.84. The lowest BCUT2D eigenvalue weighted by Gasteiger charge is -2.18. The van der Waals surface area contributed by atoms with E-state index < -0.39 is 12.6 Å². The largest absolute Gasteiger partial charge is 0.390 e. The van der Waals surface area contributed by atoms with Crippen LogP contribution in [0.15, 0.2) is 0 Å². The van der Waals surface area contributed by atoms with Crippen molar-refractivity contribution in [3.8, 4) is 0 Å². The Morgan fingerprint density at radius 1 is 1.24 bits per heavy atom. The van der Waals surface area contributed by atoms with E-state index in [0.29, 0.717) is 11.7 Å². The molecule has 0 saturated heterocycles. The van der Waals surface area contributed by atoms with Gasteiger partial charge >= 0.3 is 6.18 Å². The summed E-state index contributed by atoms with van der Waals surface area (Å²) in [7, 11) is 1.66. The van der Waals surface area contributed by atoms with Gasteiger partial charge in [-0.15, -0.1) is 11.3 Å². The van der Waals surface area contributed by atoms with Crippen LogP contribution < -0.4 is 10.2 Å². The van der Waals surface area contributed by atoms with Gasteiger partial charge in [0.05, 0.1) is 12.1 Å². The minimum absolute atomic E-state index is 0.0682. The third-order valence-corrected chi connectivity index (χ3v) is 4.16. The molecule has 0 aromatic carbocycles. The molecule has 0 amide bonds. The van der Waals surface area contributed by atoms with Gasteiger partial charge in [-0.05, 0) is 6.54 Å². The molecule has 1 heterocycles. The molecule has 0 spiro atoms. The fourth-order valence-corrected chi connectivity index (χ4v) is 3.06. The predicted octanol–water partition coefficient (Wildman–Crippen LogP) is 3.94. The van der Waals surface area contributed by atoms with Crippen LogP contribution in [0.1, 0.15) is 44.7 Å². The lowest BCUT2D eigenvalue weighted by molar-refractivity contribution is -0.132. The zero-order chi connectivity index (χ0) is 16.3. The smallest absolute Gasteiger partial charge is 0.351 e. The van der Waals surface area contributed by atoms with E-state index in [1.54, 1.807) is 11.9 Å². The molecule has 1 aromatic heterocycles. The highest BCUT2D eigenvalue weighted by molar-refractivity contribution is 7.15. The minimum atomic E-state index is -4.13. The van der Waals surface area contributed by atoms with Gasteiger partial charge in [0.25, 0.3) is 0 Å². The third kappa shape index (κ3) is 5.82. The second-order valence-electron chi connectivity index (χ2n) is 6.09. The molecule has 0 saturated carbocycles. The average Bonchev–Trinajstić information content (AvgIpc) is 2.76. The Morgan fingerprint density at radius 3 is 2.33 bits per heavy atom. The highest BCUT2D eigenvalue weighted by Crippen LogP contribution is 2.34. The van der Waals surface area contributed by atoms with E-state index in [0.717, 1.165) is 17.1 Å². The first-order valence-corrected chi connectivity index (χ1v) is 7.85. The minimum Gasteiger partial charge on any atom is -0.351 e. The van der Waals surface area contributed by atoms with Crippen LogP contribution in [0.5, 0.6) is 0 Å². The number of rotatable bonds is 6. The summed E-state index contributed by atoms with van der Waals surface area (Å²) in [5, 5.41) is 3.91. The Balaban J connectivity index is 2.90. The van der Waals surface area contributed by atoms with Gasteiger partial charge in [0.15, 0.2) is 5.13 Å². The molecule has 21 heavy (non-hydrogen) atoms. The van der Waals surface area contributed by atoms with Crippen LogP contribution in [0, 0.1) is 0 Å². The summed E-state index contributed by atoms with van der Waals surface area (Å²) in [6.45, 7) is 9.70. The molecule has 0 unspecified atom stereocenters. The van der Waals surface area contributed by atoms with Crippen LogP contribution in [0.3, 0.4) is 0 Å². The molecule has 0 radical (unpaired) electrons. The quantitative estimate of drug-likeness (QED) is 0.859. The molecular formula is C14H24F3N3S. The van der Waals surface area contributed by atoms with Crippen LogP contribution in [0.4, 0.5) is 18.3 Å². The number of alkyl halides is 3. The van der Waals surface area contributed by atoms with Crippen LogP contribution >= 0.6 is 11.3 Å². The maximum absolute atomic E-state index is 12.3. The van der Waals surface area contributed by atoms with Gasteiger partial charge in [-0.25, -0.2) is 4.98 Å². The van der Waals surface area contributed by atoms with Gasteiger partial charge in [-0.2, -0.15) is 13.2 Å². The maximum atomic E-state index is 12.3. The fraction of sp³-hybridized carbons (Fsp3) is 0.786. The number of anilines is 1. The zero-order valence-electron chi connectivity index (χ0n) is 13.3. The predicted molar refractivity (Wildman–Crippen MR) is 82.1 cm³/mol. The van der Waals surface area contributed by atoms with E-state index in [2.05, 4.69) is 31.1 Å². The van der Waals surface area contributed by atoms with E-state index in [4.69, 9.17) is 0 Å². The molecular weight excluding hydrogens is 299 g/mol. The summed E-state index contributed by atoms with van der Waals surface area (Å²) >= 11 is 1.47. The van der Waals surface area contributed by atoms with Gasteiger partial charge in [0, 0.05) is 30.4 Å². The highest BCUT2D eigenvalue weighted by atomic mass is 32.1. The maximum Gasteiger partial charge on any atom is 0.390 e. The average molecular weight is 323 g/mol. The van der Waals surface area contributed by atoms with Gasteiger partial charge in [-0.1, -0.05) is 27.7 Å². The number of nitrogens with one attached hydrogen (secondary N) is 1. The normalized spacial score (nSPS) is 12.8.